The van der Waals surface area contributed by atoms with Crippen molar-refractivity contribution in [1.29, 1.82) is 0 Å². The van der Waals surface area contributed by atoms with Gasteiger partial charge in [0.2, 0.25) is 0 Å². The number of hydrogen-bond donors (Lipinski definition) is 1. The fraction of sp³-hybridized carbons (Fsp3) is 0.538. The Balaban J connectivity index is 2.11. The molecular formula is C26H38NOP. The van der Waals surface area contributed by atoms with Crippen molar-refractivity contribution >= 4 is 24.9 Å². The number of aromatic hydroxyl groups is 1. The summed E-state index contributed by atoms with van der Waals surface area (Å²) in [6.45, 7) is 17.8. The fourth-order valence-corrected chi connectivity index (χ4v) is 5.48. The van der Waals surface area contributed by atoms with Crippen LogP contribution in [-0.2, 0) is 10.8 Å². The van der Waals surface area contributed by atoms with Crippen LogP contribution in [0.4, 0.5) is 5.69 Å². The largest absolute Gasteiger partial charge is 0.507 e. The first kappa shape index (κ1) is 22.2. The zero-order valence-electron chi connectivity index (χ0n) is 19.3. The summed E-state index contributed by atoms with van der Waals surface area (Å²) >= 11 is 0. The second-order valence-electron chi connectivity index (χ2n) is 10.6. The minimum absolute atomic E-state index is 0.0500. The minimum atomic E-state index is -0.0913. The molecule has 29 heavy (non-hydrogen) atoms. The molecule has 1 aliphatic heterocycles. The molecule has 1 unspecified atom stereocenters. The molecule has 0 bridgehead atoms. The van der Waals surface area contributed by atoms with Gasteiger partial charge in [-0.3, -0.25) is 0 Å². The molecule has 158 valence electrons. The van der Waals surface area contributed by atoms with Crippen LogP contribution in [0.2, 0.25) is 0 Å². The van der Waals surface area contributed by atoms with Crippen LogP contribution in [0.15, 0.2) is 30.3 Å². The van der Waals surface area contributed by atoms with Crippen molar-refractivity contribution in [3.8, 4) is 5.75 Å². The average Bonchev–Trinajstić information content (AvgIpc) is 2.63. The van der Waals surface area contributed by atoms with E-state index in [0.717, 1.165) is 24.0 Å². The lowest BCUT2D eigenvalue weighted by Crippen LogP contribution is -2.33. The number of hydrogen-bond acceptors (Lipinski definition) is 2. The molecule has 2 aromatic carbocycles. The Morgan fingerprint density at radius 2 is 1.55 bits per heavy atom. The number of rotatable bonds is 3. The van der Waals surface area contributed by atoms with Gasteiger partial charge in [-0.15, -0.1) is 0 Å². The molecule has 1 aliphatic rings. The molecular weight excluding hydrogens is 373 g/mol. The maximum atomic E-state index is 11.3. The van der Waals surface area contributed by atoms with Crippen molar-refractivity contribution in [2.75, 3.05) is 18.0 Å². The zero-order valence-corrected chi connectivity index (χ0v) is 20.3. The predicted octanol–water partition coefficient (Wildman–Crippen LogP) is 5.92. The third-order valence-corrected chi connectivity index (χ3v) is 7.54. The van der Waals surface area contributed by atoms with E-state index < -0.39 is 0 Å². The van der Waals surface area contributed by atoms with Gasteiger partial charge in [0.05, 0.1) is 0 Å². The average molecular weight is 412 g/mol. The molecule has 2 nitrogen and oxygen atoms in total. The number of phenolic OH excluding ortho intramolecular Hbond substituents is 1. The smallest absolute Gasteiger partial charge is 0.127 e. The topological polar surface area (TPSA) is 23.5 Å². The van der Waals surface area contributed by atoms with E-state index in [9.17, 15) is 5.11 Å². The first-order valence-electron chi connectivity index (χ1n) is 11.0. The number of nitrogens with zero attached hydrogens (tertiary/aromatic N) is 1. The Kier molecular flexibility index (Phi) is 6.35. The van der Waals surface area contributed by atoms with Gasteiger partial charge in [-0.2, -0.15) is 0 Å². The fourth-order valence-electron chi connectivity index (χ4n) is 4.08. The molecule has 0 aromatic heterocycles. The lowest BCUT2D eigenvalue weighted by atomic mass is 9.80. The second-order valence-corrected chi connectivity index (χ2v) is 11.9. The zero-order chi connectivity index (χ0) is 21.4. The number of anilines is 1. The van der Waals surface area contributed by atoms with Gasteiger partial charge < -0.3 is 10.0 Å². The molecule has 1 heterocycles. The van der Waals surface area contributed by atoms with E-state index in [0.29, 0.717) is 14.3 Å². The van der Waals surface area contributed by atoms with Crippen molar-refractivity contribution in [3.63, 3.8) is 0 Å². The van der Waals surface area contributed by atoms with Crippen LogP contribution < -0.4 is 15.5 Å². The highest BCUT2D eigenvalue weighted by Gasteiger charge is 2.26. The van der Waals surface area contributed by atoms with Crippen LogP contribution in [0.5, 0.6) is 5.75 Å². The maximum Gasteiger partial charge on any atom is 0.127 e. The summed E-state index contributed by atoms with van der Waals surface area (Å²) in [6.07, 6.45) is 3.88. The molecule has 3 heteroatoms. The van der Waals surface area contributed by atoms with Crippen LogP contribution >= 0.6 is 8.58 Å². The van der Waals surface area contributed by atoms with Gasteiger partial charge in [-0.25, -0.2) is 0 Å². The molecule has 1 atom stereocenters. The molecule has 1 saturated heterocycles. The van der Waals surface area contributed by atoms with E-state index in [1.54, 1.807) is 0 Å². The second kappa shape index (κ2) is 8.31. The highest BCUT2D eigenvalue weighted by atomic mass is 31.1. The molecule has 1 N–H and O–H groups in total. The molecule has 3 rings (SSSR count). The first-order chi connectivity index (χ1) is 13.5. The standard InChI is InChI=1S/C26H38NOP/c1-18-12-11-13-21(27-14-9-8-10-15-27)24(18)29-22-17-19(25(2,3)4)16-20(23(22)28)26(5,6)7/h11-13,16-17,28-29H,8-10,14-15H2,1-7H3. The predicted molar refractivity (Wildman–Crippen MR) is 130 cm³/mol. The molecule has 0 aliphatic carbocycles. The summed E-state index contributed by atoms with van der Waals surface area (Å²) in [6, 6.07) is 11.1. The molecule has 1 fully saturated rings. The van der Waals surface area contributed by atoms with Crippen LogP contribution in [-0.4, -0.2) is 18.2 Å². The molecule has 2 aromatic rings. The Bertz CT molecular complexity index is 867. The van der Waals surface area contributed by atoms with Crippen molar-refractivity contribution in [2.45, 2.75) is 78.6 Å². The van der Waals surface area contributed by atoms with E-state index in [2.05, 4.69) is 83.7 Å². The van der Waals surface area contributed by atoms with Gasteiger partial charge in [0, 0.05) is 34.9 Å². The summed E-state index contributed by atoms with van der Waals surface area (Å²) < 4.78 is 0. The van der Waals surface area contributed by atoms with Crippen LogP contribution in [0.3, 0.4) is 0 Å². The SMILES string of the molecule is Cc1cccc(N2CCCCC2)c1Pc1cc(C(C)(C)C)cc(C(C)(C)C)c1O. The maximum absolute atomic E-state index is 11.3. The first-order valence-corrected chi connectivity index (χ1v) is 12.0. The highest BCUT2D eigenvalue weighted by molar-refractivity contribution is 7.56. The minimum Gasteiger partial charge on any atom is -0.507 e. The van der Waals surface area contributed by atoms with Gasteiger partial charge in [-0.05, 0) is 60.3 Å². The molecule has 0 amide bonds. The normalized spacial score (nSPS) is 16.0. The lowest BCUT2D eigenvalue weighted by molar-refractivity contribution is 0.449. The third-order valence-electron chi connectivity index (χ3n) is 5.99. The van der Waals surface area contributed by atoms with Gasteiger partial charge in [0.15, 0.2) is 0 Å². The van der Waals surface area contributed by atoms with Gasteiger partial charge in [0.1, 0.15) is 5.75 Å². The molecule has 0 radical (unpaired) electrons. The number of benzene rings is 2. The van der Waals surface area contributed by atoms with E-state index in [-0.39, 0.29) is 10.8 Å². The number of aryl methyl sites for hydroxylation is 1. The molecule has 0 spiro atoms. The quantitative estimate of drug-likeness (QED) is 0.634. The molecule has 0 saturated carbocycles. The Morgan fingerprint density at radius 3 is 2.14 bits per heavy atom. The Morgan fingerprint density at radius 1 is 0.897 bits per heavy atom. The van der Waals surface area contributed by atoms with E-state index >= 15 is 0 Å². The Labute approximate surface area is 179 Å². The van der Waals surface area contributed by atoms with Crippen LogP contribution in [0.25, 0.3) is 0 Å². The van der Waals surface area contributed by atoms with Crippen molar-refractivity contribution in [2.24, 2.45) is 0 Å². The highest BCUT2D eigenvalue weighted by Crippen LogP contribution is 2.37. The van der Waals surface area contributed by atoms with E-state index in [1.165, 1.54) is 41.4 Å². The lowest BCUT2D eigenvalue weighted by Gasteiger charge is -2.32. The third kappa shape index (κ3) is 4.97. The summed E-state index contributed by atoms with van der Waals surface area (Å²) in [5, 5.41) is 13.7. The van der Waals surface area contributed by atoms with Gasteiger partial charge >= 0.3 is 0 Å². The Hall–Kier alpha value is -1.53. The van der Waals surface area contributed by atoms with Gasteiger partial charge in [-0.1, -0.05) is 68.3 Å². The van der Waals surface area contributed by atoms with Crippen molar-refractivity contribution in [3.05, 3.63) is 47.0 Å². The summed E-state index contributed by atoms with van der Waals surface area (Å²) in [5.74, 6) is 0.483. The number of piperidine rings is 1. The number of phenols is 1. The van der Waals surface area contributed by atoms with Crippen LogP contribution in [0.1, 0.15) is 77.5 Å². The van der Waals surface area contributed by atoms with Crippen molar-refractivity contribution < 1.29 is 5.11 Å². The van der Waals surface area contributed by atoms with E-state index in [1.807, 2.05) is 0 Å². The summed E-state index contributed by atoms with van der Waals surface area (Å²) in [4.78, 5) is 2.55. The summed E-state index contributed by atoms with van der Waals surface area (Å²) in [5.41, 5.74) is 5.00. The van der Waals surface area contributed by atoms with Gasteiger partial charge in [0.25, 0.3) is 0 Å². The van der Waals surface area contributed by atoms with Crippen molar-refractivity contribution in [1.82, 2.24) is 0 Å². The van der Waals surface area contributed by atoms with Crippen LogP contribution in [0, 0.1) is 6.92 Å². The monoisotopic (exact) mass is 411 g/mol. The summed E-state index contributed by atoms with van der Waals surface area (Å²) in [7, 11) is 0.457. The van der Waals surface area contributed by atoms with E-state index in [4.69, 9.17) is 0 Å².